The van der Waals surface area contributed by atoms with Gasteiger partial charge in [-0.3, -0.25) is 14.4 Å². The maximum atomic E-state index is 12.1. The summed E-state index contributed by atoms with van der Waals surface area (Å²) in [7, 11) is 0. The number of carbonyl (C=O) groups is 3. The second kappa shape index (κ2) is 14.6. The van der Waals surface area contributed by atoms with E-state index in [2.05, 4.69) is 28.1 Å². The number of anilines is 2. The molecule has 9 nitrogen and oxygen atoms in total. The van der Waals surface area contributed by atoms with Crippen LogP contribution in [0.5, 0.6) is 11.5 Å². The summed E-state index contributed by atoms with van der Waals surface area (Å²) in [4.78, 5) is 36.3. The van der Waals surface area contributed by atoms with Crippen LogP contribution in [-0.4, -0.2) is 37.1 Å². The van der Waals surface area contributed by atoms with Crippen LogP contribution in [0.1, 0.15) is 25.3 Å². The summed E-state index contributed by atoms with van der Waals surface area (Å²) in [6, 6.07) is 18.2. The Kier molecular flexibility index (Phi) is 11.0. The predicted molar refractivity (Wildman–Crippen MR) is 148 cm³/mol. The van der Waals surface area contributed by atoms with Crippen molar-refractivity contribution in [1.29, 1.82) is 0 Å². The van der Waals surface area contributed by atoms with Crippen molar-refractivity contribution in [3.8, 4) is 11.5 Å². The van der Waals surface area contributed by atoms with Gasteiger partial charge in [0.05, 0.1) is 28.6 Å². The molecular weight excluding hydrogens is 531 g/mol. The molecular formula is C27H26Cl2N4O5. The molecule has 0 fully saturated rings. The van der Waals surface area contributed by atoms with Crippen LogP contribution in [0.2, 0.25) is 10.0 Å². The molecule has 3 N–H and O–H groups in total. The Morgan fingerprint density at radius 2 is 1.66 bits per heavy atom. The van der Waals surface area contributed by atoms with Crippen molar-refractivity contribution in [1.82, 2.24) is 5.43 Å². The third-order valence-corrected chi connectivity index (χ3v) is 5.55. The number of benzene rings is 3. The lowest BCUT2D eigenvalue weighted by Gasteiger charge is -2.10. The zero-order valence-electron chi connectivity index (χ0n) is 20.5. The highest BCUT2D eigenvalue weighted by Gasteiger charge is 2.13. The quantitative estimate of drug-likeness (QED) is 0.128. The second-order valence-corrected chi connectivity index (χ2v) is 8.70. The molecule has 0 aliphatic carbocycles. The summed E-state index contributed by atoms with van der Waals surface area (Å²) in [5.74, 6) is -1.26. The first-order valence-corrected chi connectivity index (χ1v) is 12.4. The molecule has 0 bridgehead atoms. The van der Waals surface area contributed by atoms with E-state index in [1.54, 1.807) is 60.7 Å². The molecule has 3 aromatic rings. The second-order valence-electron chi connectivity index (χ2n) is 7.89. The molecule has 0 aromatic heterocycles. The molecule has 0 unspecified atom stereocenters. The van der Waals surface area contributed by atoms with Gasteiger partial charge in [-0.1, -0.05) is 48.7 Å². The fourth-order valence-electron chi connectivity index (χ4n) is 2.98. The van der Waals surface area contributed by atoms with Gasteiger partial charge in [-0.25, -0.2) is 5.43 Å². The fraction of sp³-hybridized carbons (Fsp3) is 0.185. The van der Waals surface area contributed by atoms with Crippen LogP contribution in [-0.2, 0) is 14.4 Å². The summed E-state index contributed by atoms with van der Waals surface area (Å²) in [5, 5.41) is 9.55. The van der Waals surface area contributed by atoms with Gasteiger partial charge in [-0.05, 0) is 66.6 Å². The minimum Gasteiger partial charge on any atom is -0.494 e. The highest BCUT2D eigenvalue weighted by Crippen LogP contribution is 2.25. The van der Waals surface area contributed by atoms with Crippen LogP contribution in [0.15, 0.2) is 71.8 Å². The molecule has 3 amide bonds. The van der Waals surface area contributed by atoms with E-state index in [9.17, 15) is 14.4 Å². The zero-order chi connectivity index (χ0) is 27.3. The van der Waals surface area contributed by atoms with Crippen molar-refractivity contribution in [2.45, 2.75) is 19.8 Å². The molecule has 3 aromatic carbocycles. The lowest BCUT2D eigenvalue weighted by atomic mass is 10.2. The summed E-state index contributed by atoms with van der Waals surface area (Å²) < 4.78 is 11.0. The van der Waals surface area contributed by atoms with E-state index in [0.717, 1.165) is 12.8 Å². The van der Waals surface area contributed by atoms with Crippen LogP contribution >= 0.6 is 23.2 Å². The van der Waals surface area contributed by atoms with Crippen molar-refractivity contribution in [2.24, 2.45) is 5.10 Å². The molecule has 0 aliphatic rings. The number of carbonyl (C=O) groups excluding carboxylic acids is 3. The van der Waals surface area contributed by atoms with E-state index < -0.39 is 17.7 Å². The number of hydrazone groups is 1. The molecule has 0 heterocycles. The van der Waals surface area contributed by atoms with Crippen molar-refractivity contribution in [3.63, 3.8) is 0 Å². The van der Waals surface area contributed by atoms with Crippen LogP contribution in [0, 0.1) is 0 Å². The number of unbranched alkanes of at least 4 members (excludes halogenated alkanes) is 1. The lowest BCUT2D eigenvalue weighted by molar-refractivity contribution is -0.136. The molecule has 11 heteroatoms. The van der Waals surface area contributed by atoms with Gasteiger partial charge in [0.1, 0.15) is 11.5 Å². The maximum Gasteiger partial charge on any atom is 0.329 e. The molecule has 0 spiro atoms. The summed E-state index contributed by atoms with van der Waals surface area (Å²) in [6.07, 6.45) is 3.30. The first kappa shape index (κ1) is 28.5. The van der Waals surface area contributed by atoms with Gasteiger partial charge in [0.25, 0.3) is 5.91 Å². The van der Waals surface area contributed by atoms with Gasteiger partial charge in [-0.15, -0.1) is 0 Å². The van der Waals surface area contributed by atoms with E-state index >= 15 is 0 Å². The Hall–Kier alpha value is -4.08. The van der Waals surface area contributed by atoms with Crippen LogP contribution in [0.4, 0.5) is 11.4 Å². The molecule has 38 heavy (non-hydrogen) atoms. The van der Waals surface area contributed by atoms with E-state index in [4.69, 9.17) is 32.7 Å². The number of nitrogens with one attached hydrogen (secondary N) is 3. The fourth-order valence-corrected chi connectivity index (χ4v) is 3.41. The van der Waals surface area contributed by atoms with E-state index in [0.29, 0.717) is 34.3 Å². The smallest absolute Gasteiger partial charge is 0.329 e. The number of ether oxygens (including phenoxy) is 2. The Bertz CT molecular complexity index is 1300. The molecule has 0 aliphatic heterocycles. The van der Waals surface area contributed by atoms with Gasteiger partial charge >= 0.3 is 11.8 Å². The predicted octanol–water partition coefficient (Wildman–Crippen LogP) is 5.28. The number of rotatable bonds is 11. The Labute approximate surface area is 230 Å². The minimum absolute atomic E-state index is 0.227. The van der Waals surface area contributed by atoms with Crippen molar-refractivity contribution in [3.05, 3.63) is 82.3 Å². The van der Waals surface area contributed by atoms with Gasteiger partial charge in [-0.2, -0.15) is 5.10 Å². The molecule has 198 valence electrons. The normalized spacial score (nSPS) is 10.6. The number of halogens is 2. The first-order valence-electron chi connectivity index (χ1n) is 11.7. The highest BCUT2D eigenvalue weighted by molar-refractivity contribution is 6.39. The average Bonchev–Trinajstić information content (AvgIpc) is 2.90. The van der Waals surface area contributed by atoms with E-state index in [1.165, 1.54) is 12.3 Å². The summed E-state index contributed by atoms with van der Waals surface area (Å²) >= 11 is 12.3. The van der Waals surface area contributed by atoms with Crippen LogP contribution in [0.3, 0.4) is 0 Å². The minimum atomic E-state index is -0.944. The first-order chi connectivity index (χ1) is 18.4. The summed E-state index contributed by atoms with van der Waals surface area (Å²) in [5.41, 5.74) is 3.60. The molecule has 0 saturated heterocycles. The van der Waals surface area contributed by atoms with Crippen molar-refractivity contribution < 1.29 is 23.9 Å². The van der Waals surface area contributed by atoms with Crippen molar-refractivity contribution in [2.75, 3.05) is 23.8 Å². The lowest BCUT2D eigenvalue weighted by Crippen LogP contribution is -2.32. The number of hydrogen-bond acceptors (Lipinski definition) is 6. The van der Waals surface area contributed by atoms with Crippen molar-refractivity contribution >= 4 is 58.5 Å². The van der Waals surface area contributed by atoms with E-state index in [1.807, 2.05) is 0 Å². The number of amides is 3. The Morgan fingerprint density at radius 1 is 0.895 bits per heavy atom. The van der Waals surface area contributed by atoms with Crippen LogP contribution in [0.25, 0.3) is 0 Å². The number of nitrogens with zero attached hydrogens (tertiary/aromatic N) is 1. The van der Waals surface area contributed by atoms with Gasteiger partial charge in [0.15, 0.2) is 6.61 Å². The number of para-hydroxylation sites is 1. The van der Waals surface area contributed by atoms with Gasteiger partial charge < -0.3 is 20.1 Å². The molecule has 0 radical (unpaired) electrons. The molecule has 0 saturated carbocycles. The highest BCUT2D eigenvalue weighted by atomic mass is 35.5. The molecule has 0 atom stereocenters. The van der Waals surface area contributed by atoms with Gasteiger partial charge in [0, 0.05) is 5.69 Å². The van der Waals surface area contributed by atoms with E-state index in [-0.39, 0.29) is 17.4 Å². The SMILES string of the molecule is CCCCOc1ccc(NC(=O)C(=O)N/N=C\c2ccc(OCC(=O)Nc3ccccc3Cl)c(Cl)c2)cc1. The standard InChI is InChI=1S/C27H26Cl2N4O5/c1-2-3-14-37-20-11-9-19(10-12-20)31-26(35)27(36)33-30-16-18-8-13-24(22(29)15-18)38-17-25(34)32-23-7-5-4-6-21(23)28/h4-13,15-16H,2-3,14,17H2,1H3,(H,31,35)(H,32,34)(H,33,36)/b30-16-. The topological polar surface area (TPSA) is 118 Å². The maximum absolute atomic E-state index is 12.1. The number of hydrogen-bond donors (Lipinski definition) is 3. The monoisotopic (exact) mass is 556 g/mol. The van der Waals surface area contributed by atoms with Gasteiger partial charge in [0.2, 0.25) is 0 Å². The Balaban J connectivity index is 1.44. The summed E-state index contributed by atoms with van der Waals surface area (Å²) in [6.45, 7) is 2.41. The average molecular weight is 557 g/mol. The third-order valence-electron chi connectivity index (χ3n) is 4.93. The zero-order valence-corrected chi connectivity index (χ0v) is 22.0. The largest absolute Gasteiger partial charge is 0.494 e. The van der Waals surface area contributed by atoms with Crippen LogP contribution < -0.4 is 25.5 Å². The Morgan fingerprint density at radius 3 is 2.37 bits per heavy atom. The third kappa shape index (κ3) is 9.10. The molecule has 3 rings (SSSR count).